The smallest absolute Gasteiger partial charge is 0.265 e. The van der Waals surface area contributed by atoms with Gasteiger partial charge in [-0.25, -0.2) is 8.78 Å². The third kappa shape index (κ3) is 3.85. The predicted octanol–water partition coefficient (Wildman–Crippen LogP) is 2.64. The standard InChI is InChI=1S/C12H18F2N2O/c1-7(2)11(17)6-16-10-4-3-8(15)5-9(10)12(13)14/h3-5,7,11-12,16-17H,6,15H2,1-2H3. The molecule has 1 unspecified atom stereocenters. The first-order valence-electron chi connectivity index (χ1n) is 5.51. The van der Waals surface area contributed by atoms with E-state index in [2.05, 4.69) is 5.32 Å². The van der Waals surface area contributed by atoms with Crippen LogP contribution in [0.5, 0.6) is 0 Å². The van der Waals surface area contributed by atoms with Crippen LogP contribution in [0.1, 0.15) is 25.8 Å². The quantitative estimate of drug-likeness (QED) is 0.698. The maximum absolute atomic E-state index is 12.7. The highest BCUT2D eigenvalue weighted by Crippen LogP contribution is 2.28. The van der Waals surface area contributed by atoms with E-state index in [1.807, 2.05) is 13.8 Å². The van der Waals surface area contributed by atoms with Gasteiger partial charge in [-0.15, -0.1) is 0 Å². The van der Waals surface area contributed by atoms with Crippen LogP contribution < -0.4 is 11.1 Å². The second-order valence-corrected chi connectivity index (χ2v) is 4.34. The molecule has 0 saturated carbocycles. The summed E-state index contributed by atoms with van der Waals surface area (Å²) in [4.78, 5) is 0. The van der Waals surface area contributed by atoms with E-state index in [0.29, 0.717) is 11.4 Å². The van der Waals surface area contributed by atoms with Crippen LogP contribution in [0.25, 0.3) is 0 Å². The number of nitrogen functional groups attached to an aromatic ring is 1. The molecule has 0 heterocycles. The Morgan fingerprint density at radius 3 is 2.53 bits per heavy atom. The lowest BCUT2D eigenvalue weighted by atomic mass is 10.1. The van der Waals surface area contributed by atoms with Gasteiger partial charge in [-0.2, -0.15) is 0 Å². The van der Waals surface area contributed by atoms with Crippen LogP contribution in [0, 0.1) is 5.92 Å². The number of benzene rings is 1. The first-order valence-corrected chi connectivity index (χ1v) is 5.51. The molecule has 0 aliphatic heterocycles. The van der Waals surface area contributed by atoms with Crippen LogP contribution in [0.4, 0.5) is 20.2 Å². The van der Waals surface area contributed by atoms with Crippen molar-refractivity contribution < 1.29 is 13.9 Å². The van der Waals surface area contributed by atoms with Crippen molar-refractivity contribution in [1.82, 2.24) is 0 Å². The molecule has 96 valence electrons. The molecule has 0 aliphatic rings. The second kappa shape index (κ2) is 5.82. The van der Waals surface area contributed by atoms with Crippen LogP contribution >= 0.6 is 0 Å². The maximum atomic E-state index is 12.7. The van der Waals surface area contributed by atoms with Gasteiger partial charge in [0.25, 0.3) is 6.43 Å². The molecule has 1 rings (SSSR count). The lowest BCUT2D eigenvalue weighted by Gasteiger charge is -2.18. The summed E-state index contributed by atoms with van der Waals surface area (Å²) >= 11 is 0. The highest BCUT2D eigenvalue weighted by atomic mass is 19.3. The zero-order chi connectivity index (χ0) is 13.0. The number of anilines is 2. The van der Waals surface area contributed by atoms with Crippen molar-refractivity contribution in [3.05, 3.63) is 23.8 Å². The summed E-state index contributed by atoms with van der Waals surface area (Å²) in [6.07, 6.45) is -3.16. The third-order valence-electron chi connectivity index (χ3n) is 2.58. The molecule has 0 saturated heterocycles. The fourth-order valence-electron chi connectivity index (χ4n) is 1.37. The minimum Gasteiger partial charge on any atom is -0.399 e. The van der Waals surface area contributed by atoms with Gasteiger partial charge in [-0.05, 0) is 24.1 Å². The summed E-state index contributed by atoms with van der Waals surface area (Å²) in [6.45, 7) is 3.97. The molecule has 0 spiro atoms. The molecule has 17 heavy (non-hydrogen) atoms. The molecule has 3 nitrogen and oxygen atoms in total. The molecule has 5 heteroatoms. The Balaban J connectivity index is 2.77. The molecule has 1 atom stereocenters. The highest BCUT2D eigenvalue weighted by Gasteiger charge is 2.15. The van der Waals surface area contributed by atoms with Gasteiger partial charge < -0.3 is 16.2 Å². The summed E-state index contributed by atoms with van der Waals surface area (Å²) in [7, 11) is 0. The van der Waals surface area contributed by atoms with E-state index in [9.17, 15) is 13.9 Å². The lowest BCUT2D eigenvalue weighted by molar-refractivity contribution is 0.137. The number of alkyl halides is 2. The molecule has 0 bridgehead atoms. The molecule has 0 aromatic heterocycles. The van der Waals surface area contributed by atoms with Crippen LogP contribution in [-0.4, -0.2) is 17.8 Å². The number of aliphatic hydroxyl groups excluding tert-OH is 1. The van der Waals surface area contributed by atoms with Crippen molar-refractivity contribution in [1.29, 1.82) is 0 Å². The Morgan fingerprint density at radius 2 is 2.00 bits per heavy atom. The monoisotopic (exact) mass is 244 g/mol. The Morgan fingerprint density at radius 1 is 1.35 bits per heavy atom. The number of nitrogens with two attached hydrogens (primary N) is 1. The zero-order valence-corrected chi connectivity index (χ0v) is 9.95. The van der Waals surface area contributed by atoms with Gasteiger partial charge in [-0.3, -0.25) is 0 Å². The van der Waals surface area contributed by atoms with Gasteiger partial charge in [0.1, 0.15) is 0 Å². The molecule has 0 aliphatic carbocycles. The number of hydrogen-bond acceptors (Lipinski definition) is 3. The van der Waals surface area contributed by atoms with Crippen LogP contribution in [0.3, 0.4) is 0 Å². The number of hydrogen-bond donors (Lipinski definition) is 3. The van der Waals surface area contributed by atoms with Crippen molar-refractivity contribution in [2.75, 3.05) is 17.6 Å². The van der Waals surface area contributed by atoms with Gasteiger partial charge in [-0.1, -0.05) is 13.8 Å². The minimum atomic E-state index is -2.59. The average molecular weight is 244 g/mol. The minimum absolute atomic E-state index is 0.0753. The molecule has 1 aromatic carbocycles. The van der Waals surface area contributed by atoms with E-state index in [4.69, 9.17) is 5.73 Å². The lowest BCUT2D eigenvalue weighted by Crippen LogP contribution is -2.25. The fraction of sp³-hybridized carbons (Fsp3) is 0.500. The number of rotatable bonds is 5. The molecular weight excluding hydrogens is 226 g/mol. The van der Waals surface area contributed by atoms with Gasteiger partial charge in [0.05, 0.1) is 6.10 Å². The topological polar surface area (TPSA) is 58.3 Å². The summed E-state index contributed by atoms with van der Waals surface area (Å²) in [5.41, 5.74) is 5.94. The summed E-state index contributed by atoms with van der Waals surface area (Å²) < 4.78 is 25.5. The maximum Gasteiger partial charge on any atom is 0.265 e. The van der Waals surface area contributed by atoms with Crippen molar-refractivity contribution in [3.8, 4) is 0 Å². The van der Waals surface area contributed by atoms with Crippen molar-refractivity contribution in [2.24, 2.45) is 5.92 Å². The van der Waals surface area contributed by atoms with Crippen molar-refractivity contribution >= 4 is 11.4 Å². The summed E-state index contributed by atoms with van der Waals surface area (Å²) in [6, 6.07) is 4.30. The number of halogens is 2. The second-order valence-electron chi connectivity index (χ2n) is 4.34. The highest BCUT2D eigenvalue weighted by molar-refractivity contribution is 5.58. The Hall–Kier alpha value is -1.36. The molecule has 0 fully saturated rings. The van der Waals surface area contributed by atoms with E-state index in [1.54, 1.807) is 6.07 Å². The molecule has 1 aromatic rings. The summed E-state index contributed by atoms with van der Waals surface area (Å²) in [5.74, 6) is 0.0753. The molecule has 0 amide bonds. The van der Waals surface area contributed by atoms with Gasteiger partial charge in [0, 0.05) is 23.5 Å². The van der Waals surface area contributed by atoms with Gasteiger partial charge >= 0.3 is 0 Å². The fourth-order valence-corrected chi connectivity index (χ4v) is 1.37. The molecule has 0 radical (unpaired) electrons. The Bertz CT molecular complexity index is 370. The van der Waals surface area contributed by atoms with Gasteiger partial charge in [0.2, 0.25) is 0 Å². The van der Waals surface area contributed by atoms with E-state index < -0.39 is 12.5 Å². The largest absolute Gasteiger partial charge is 0.399 e. The zero-order valence-electron chi connectivity index (χ0n) is 9.95. The van der Waals surface area contributed by atoms with E-state index >= 15 is 0 Å². The van der Waals surface area contributed by atoms with Crippen molar-refractivity contribution in [2.45, 2.75) is 26.4 Å². The van der Waals surface area contributed by atoms with E-state index in [0.717, 1.165) is 0 Å². The van der Waals surface area contributed by atoms with E-state index in [1.165, 1.54) is 12.1 Å². The van der Waals surface area contributed by atoms with Crippen LogP contribution in [0.2, 0.25) is 0 Å². The number of aliphatic hydroxyl groups is 1. The Labute approximate surface area is 99.6 Å². The number of nitrogens with one attached hydrogen (secondary N) is 1. The summed E-state index contributed by atoms with van der Waals surface area (Å²) in [5, 5.41) is 12.4. The van der Waals surface area contributed by atoms with Gasteiger partial charge in [0.15, 0.2) is 0 Å². The third-order valence-corrected chi connectivity index (χ3v) is 2.58. The van der Waals surface area contributed by atoms with E-state index in [-0.39, 0.29) is 18.0 Å². The average Bonchev–Trinajstić information content (AvgIpc) is 2.26. The van der Waals surface area contributed by atoms with Crippen LogP contribution in [0.15, 0.2) is 18.2 Å². The molecule has 4 N–H and O–H groups in total. The SMILES string of the molecule is CC(C)C(O)CNc1ccc(N)cc1C(F)F. The van der Waals surface area contributed by atoms with Crippen molar-refractivity contribution in [3.63, 3.8) is 0 Å². The molecular formula is C12H18F2N2O. The first-order chi connectivity index (χ1) is 7.91. The Kier molecular flexibility index (Phi) is 4.69. The van der Waals surface area contributed by atoms with Crippen LogP contribution in [-0.2, 0) is 0 Å². The first kappa shape index (κ1) is 13.7. The normalized spacial score (nSPS) is 13.1. The predicted molar refractivity (Wildman–Crippen MR) is 65.1 cm³/mol.